The Morgan fingerprint density at radius 1 is 1.22 bits per heavy atom. The number of aliphatic hydroxyl groups excluding tert-OH is 1. The van der Waals surface area contributed by atoms with Crippen LogP contribution in [0.4, 0.5) is 5.95 Å². The van der Waals surface area contributed by atoms with Crippen LogP contribution in [0.2, 0.25) is 0 Å². The van der Waals surface area contributed by atoms with E-state index in [1.807, 2.05) is 36.4 Å². The van der Waals surface area contributed by atoms with E-state index in [0.717, 1.165) is 47.1 Å². The highest BCUT2D eigenvalue weighted by molar-refractivity contribution is 6.07. The highest BCUT2D eigenvalue weighted by atomic mass is 16.3. The number of anilines is 1. The molecule has 1 unspecified atom stereocenters. The number of nitrogens with zero attached hydrogens (tertiary/aromatic N) is 3. The molecule has 1 saturated heterocycles. The van der Waals surface area contributed by atoms with Gasteiger partial charge in [-0.05, 0) is 55.2 Å². The molecule has 0 spiro atoms. The van der Waals surface area contributed by atoms with Crippen molar-refractivity contribution in [2.75, 3.05) is 24.6 Å². The number of hydrogen-bond acceptors (Lipinski definition) is 6. The van der Waals surface area contributed by atoms with Crippen LogP contribution in [0.25, 0.3) is 22.2 Å². The quantitative estimate of drug-likeness (QED) is 0.193. The molecule has 1 aliphatic rings. The van der Waals surface area contributed by atoms with Gasteiger partial charge in [0.25, 0.3) is 5.91 Å². The van der Waals surface area contributed by atoms with Crippen molar-refractivity contribution in [2.45, 2.75) is 25.3 Å². The molecule has 0 radical (unpaired) electrons. The molecule has 0 bridgehead atoms. The van der Waals surface area contributed by atoms with Crippen LogP contribution in [0.5, 0.6) is 0 Å². The van der Waals surface area contributed by atoms with Crippen molar-refractivity contribution in [1.82, 2.24) is 20.3 Å². The van der Waals surface area contributed by atoms with Gasteiger partial charge in [0, 0.05) is 53.1 Å². The average Bonchev–Trinajstić information content (AvgIpc) is 3.56. The van der Waals surface area contributed by atoms with Crippen LogP contribution in [0.3, 0.4) is 0 Å². The van der Waals surface area contributed by atoms with Crippen molar-refractivity contribution in [3.8, 4) is 11.3 Å². The smallest absolute Gasteiger partial charge is 0.251 e. The predicted molar refractivity (Wildman–Crippen MR) is 140 cm³/mol. The molecule has 6 N–H and O–H groups in total. The van der Waals surface area contributed by atoms with Crippen LogP contribution in [-0.4, -0.2) is 57.5 Å². The van der Waals surface area contributed by atoms with Gasteiger partial charge in [-0.25, -0.2) is 9.97 Å². The van der Waals surface area contributed by atoms with Crippen LogP contribution in [-0.2, 0) is 6.42 Å². The number of nitrogens with two attached hydrogens (primary N) is 1. The summed E-state index contributed by atoms with van der Waals surface area (Å²) in [6.07, 6.45) is 6.09. The van der Waals surface area contributed by atoms with Crippen molar-refractivity contribution in [2.24, 2.45) is 5.73 Å². The number of carbonyl (C=O) groups excluding carboxylic acids is 1. The zero-order chi connectivity index (χ0) is 25.1. The van der Waals surface area contributed by atoms with Crippen molar-refractivity contribution in [1.29, 1.82) is 5.41 Å². The van der Waals surface area contributed by atoms with Gasteiger partial charge >= 0.3 is 0 Å². The Labute approximate surface area is 208 Å². The number of fused-ring (bicyclic) bond motifs is 1. The van der Waals surface area contributed by atoms with E-state index in [2.05, 4.69) is 20.2 Å². The number of rotatable bonds is 8. The Kier molecular flexibility index (Phi) is 6.64. The molecular weight excluding hydrogens is 454 g/mol. The van der Waals surface area contributed by atoms with Gasteiger partial charge in [0.2, 0.25) is 5.95 Å². The van der Waals surface area contributed by atoms with E-state index in [-0.39, 0.29) is 24.4 Å². The number of amidine groups is 1. The lowest BCUT2D eigenvalue weighted by atomic mass is 10.1. The SMILES string of the molecule is N=C(N)c1c[nH]c2ccc(CCNC(=O)c3ccc(-c4ccnc(N5CCCC5CO)n4)cc3)cc12. The van der Waals surface area contributed by atoms with E-state index in [0.29, 0.717) is 30.0 Å². The number of aromatic amines is 1. The molecule has 0 saturated carbocycles. The highest BCUT2D eigenvalue weighted by Crippen LogP contribution is 2.25. The minimum absolute atomic E-state index is 0.0266. The topological polar surface area (TPSA) is 144 Å². The van der Waals surface area contributed by atoms with E-state index in [1.54, 1.807) is 24.5 Å². The summed E-state index contributed by atoms with van der Waals surface area (Å²) >= 11 is 0. The molecular formula is C27H29N7O2. The molecule has 3 heterocycles. The van der Waals surface area contributed by atoms with Crippen LogP contribution in [0.1, 0.15) is 34.3 Å². The zero-order valence-corrected chi connectivity index (χ0v) is 19.9. The van der Waals surface area contributed by atoms with Crippen molar-refractivity contribution >= 4 is 28.6 Å². The minimum atomic E-state index is -0.139. The second-order valence-corrected chi connectivity index (χ2v) is 8.99. The van der Waals surface area contributed by atoms with E-state index >= 15 is 0 Å². The number of H-pyrrole nitrogens is 1. The maximum Gasteiger partial charge on any atom is 0.251 e. The standard InChI is InChI=1S/C27H29N7O2/c28-25(29)22-15-32-24-8-3-17(14-21(22)24)9-11-30-26(36)19-6-4-18(5-7-19)23-10-12-31-27(33-23)34-13-1-2-20(34)16-35/h3-8,10,12,14-15,20,32,35H,1-2,9,11,13,16H2,(H3,28,29)(H,30,36). The average molecular weight is 484 g/mol. The largest absolute Gasteiger partial charge is 0.394 e. The summed E-state index contributed by atoms with van der Waals surface area (Å²) in [5, 5.41) is 21.2. The number of benzene rings is 2. The Balaban J connectivity index is 1.21. The summed E-state index contributed by atoms with van der Waals surface area (Å²) in [6.45, 7) is 1.42. The molecule has 9 nitrogen and oxygen atoms in total. The minimum Gasteiger partial charge on any atom is -0.394 e. The second-order valence-electron chi connectivity index (χ2n) is 8.99. The van der Waals surface area contributed by atoms with Gasteiger partial charge in [-0.2, -0.15) is 0 Å². The first-order chi connectivity index (χ1) is 17.5. The fourth-order valence-electron chi connectivity index (χ4n) is 4.70. The molecule has 1 aliphatic heterocycles. The van der Waals surface area contributed by atoms with E-state index in [4.69, 9.17) is 16.1 Å². The molecule has 9 heteroatoms. The number of carbonyl (C=O) groups is 1. The number of nitrogen functional groups attached to an aromatic ring is 1. The fraction of sp³-hybridized carbons (Fsp3) is 0.259. The summed E-state index contributed by atoms with van der Waals surface area (Å²) in [6, 6.07) is 15.2. The summed E-state index contributed by atoms with van der Waals surface area (Å²) in [4.78, 5) is 26.9. The van der Waals surface area contributed by atoms with Gasteiger partial charge < -0.3 is 26.0 Å². The number of hydrogen-bond donors (Lipinski definition) is 5. The van der Waals surface area contributed by atoms with Gasteiger partial charge in [0.05, 0.1) is 18.3 Å². The third kappa shape index (κ3) is 4.78. The monoisotopic (exact) mass is 483 g/mol. The first kappa shape index (κ1) is 23.5. The van der Waals surface area contributed by atoms with Gasteiger partial charge in [-0.15, -0.1) is 0 Å². The van der Waals surface area contributed by atoms with Crippen LogP contribution in [0.15, 0.2) is 60.9 Å². The molecule has 5 rings (SSSR count). The van der Waals surface area contributed by atoms with Crippen LogP contribution in [0, 0.1) is 5.41 Å². The highest BCUT2D eigenvalue weighted by Gasteiger charge is 2.26. The lowest BCUT2D eigenvalue weighted by molar-refractivity contribution is 0.0954. The van der Waals surface area contributed by atoms with Crippen molar-refractivity contribution in [3.05, 3.63) is 77.6 Å². The first-order valence-electron chi connectivity index (χ1n) is 12.1. The van der Waals surface area contributed by atoms with E-state index < -0.39 is 0 Å². The molecule has 184 valence electrons. The molecule has 2 aromatic heterocycles. The van der Waals surface area contributed by atoms with Crippen molar-refractivity contribution in [3.63, 3.8) is 0 Å². The Hall–Kier alpha value is -4.24. The van der Waals surface area contributed by atoms with E-state index in [1.165, 1.54) is 0 Å². The number of nitrogens with one attached hydrogen (secondary N) is 3. The lowest BCUT2D eigenvalue weighted by Gasteiger charge is -2.23. The van der Waals surface area contributed by atoms with Crippen molar-refractivity contribution < 1.29 is 9.90 Å². The Morgan fingerprint density at radius 3 is 2.83 bits per heavy atom. The summed E-state index contributed by atoms with van der Waals surface area (Å²) in [7, 11) is 0. The third-order valence-electron chi connectivity index (χ3n) is 6.67. The number of aliphatic hydroxyl groups is 1. The Morgan fingerprint density at radius 2 is 2.06 bits per heavy atom. The molecule has 1 fully saturated rings. The van der Waals surface area contributed by atoms with Crippen LogP contribution >= 0.6 is 0 Å². The van der Waals surface area contributed by atoms with Gasteiger partial charge in [-0.3, -0.25) is 10.2 Å². The van der Waals surface area contributed by atoms with Gasteiger partial charge in [-0.1, -0.05) is 18.2 Å². The van der Waals surface area contributed by atoms with Crippen LogP contribution < -0.4 is 16.0 Å². The molecule has 4 aromatic rings. The molecule has 36 heavy (non-hydrogen) atoms. The maximum absolute atomic E-state index is 12.7. The van der Waals surface area contributed by atoms with Gasteiger partial charge in [0.15, 0.2) is 0 Å². The summed E-state index contributed by atoms with van der Waals surface area (Å²) in [5.41, 5.74) is 10.6. The molecule has 1 amide bonds. The van der Waals surface area contributed by atoms with E-state index in [9.17, 15) is 9.90 Å². The van der Waals surface area contributed by atoms with Gasteiger partial charge in [0.1, 0.15) is 5.84 Å². The normalized spacial score (nSPS) is 15.4. The lowest BCUT2D eigenvalue weighted by Crippen LogP contribution is -2.33. The summed E-state index contributed by atoms with van der Waals surface area (Å²) in [5.74, 6) is 0.512. The summed E-state index contributed by atoms with van der Waals surface area (Å²) < 4.78 is 0. The molecule has 2 aromatic carbocycles. The number of amides is 1. The number of aromatic nitrogens is 3. The molecule has 0 aliphatic carbocycles. The molecule has 1 atom stereocenters. The predicted octanol–water partition coefficient (Wildman–Crippen LogP) is 2.84. The second kappa shape index (κ2) is 10.2. The zero-order valence-electron chi connectivity index (χ0n) is 19.9. The Bertz CT molecular complexity index is 1400. The maximum atomic E-state index is 12.7. The first-order valence-corrected chi connectivity index (χ1v) is 12.1. The third-order valence-corrected chi connectivity index (χ3v) is 6.67. The fourth-order valence-corrected chi connectivity index (χ4v) is 4.70.